The molecule has 0 aliphatic heterocycles. The number of thioether (sulfide) groups is 1. The summed E-state index contributed by atoms with van der Waals surface area (Å²) in [6.45, 7) is 6.80. The zero-order valence-electron chi connectivity index (χ0n) is 11.9. The first-order chi connectivity index (χ1) is 8.69. The van der Waals surface area contributed by atoms with Gasteiger partial charge in [-0.3, -0.25) is 4.79 Å². The van der Waals surface area contributed by atoms with Gasteiger partial charge in [0.15, 0.2) is 0 Å². The molecule has 0 saturated carbocycles. The summed E-state index contributed by atoms with van der Waals surface area (Å²) in [7, 11) is 0. The van der Waals surface area contributed by atoms with Gasteiger partial charge in [-0.2, -0.15) is 17.0 Å². The van der Waals surface area contributed by atoms with Crippen LogP contribution in [0.15, 0.2) is 0 Å². The number of nitrogens with one attached hydrogen (secondary N) is 2. The van der Waals surface area contributed by atoms with Gasteiger partial charge in [-0.25, -0.2) is 4.79 Å². The summed E-state index contributed by atoms with van der Waals surface area (Å²) in [4.78, 5) is 23.5. The fraction of sp³-hybridized carbons (Fsp3) is 0.750. The molecular weight excluding hydrogens is 266 g/mol. The van der Waals surface area contributed by atoms with Crippen molar-refractivity contribution in [1.29, 1.82) is 5.26 Å². The average molecular weight is 287 g/mol. The van der Waals surface area contributed by atoms with Crippen molar-refractivity contribution >= 4 is 23.8 Å². The molecule has 2 amide bonds. The third kappa shape index (κ3) is 8.32. The zero-order valence-corrected chi connectivity index (χ0v) is 12.8. The van der Waals surface area contributed by atoms with E-state index in [0.29, 0.717) is 5.75 Å². The van der Waals surface area contributed by atoms with E-state index in [1.54, 1.807) is 27.7 Å². The molecular formula is C12H21N3O3S. The Balaban J connectivity index is 4.53. The number of rotatable bonds is 5. The SMILES string of the molecule is CSCC(NC(=O)OC(C)(C)C)C(=O)NC(C)C#N. The summed E-state index contributed by atoms with van der Waals surface area (Å²) >= 11 is 1.42. The predicted molar refractivity (Wildman–Crippen MR) is 74.8 cm³/mol. The molecule has 0 rings (SSSR count). The largest absolute Gasteiger partial charge is 0.444 e. The first-order valence-electron chi connectivity index (χ1n) is 5.88. The van der Waals surface area contributed by atoms with E-state index in [9.17, 15) is 9.59 Å². The summed E-state index contributed by atoms with van der Waals surface area (Å²) in [6.07, 6.45) is 1.18. The van der Waals surface area contributed by atoms with Gasteiger partial charge >= 0.3 is 6.09 Å². The lowest BCUT2D eigenvalue weighted by molar-refractivity contribution is -0.122. The minimum absolute atomic E-state index is 0.394. The Bertz CT molecular complexity index is 360. The highest BCUT2D eigenvalue weighted by atomic mass is 32.2. The lowest BCUT2D eigenvalue weighted by Gasteiger charge is -2.23. The highest BCUT2D eigenvalue weighted by molar-refractivity contribution is 7.98. The van der Waals surface area contributed by atoms with Crippen LogP contribution in [-0.2, 0) is 9.53 Å². The molecule has 2 atom stereocenters. The molecule has 0 heterocycles. The molecule has 0 aromatic carbocycles. The molecule has 0 saturated heterocycles. The lowest BCUT2D eigenvalue weighted by Crippen LogP contribution is -2.51. The van der Waals surface area contributed by atoms with Gasteiger partial charge in [0, 0.05) is 5.75 Å². The van der Waals surface area contributed by atoms with Gasteiger partial charge in [0.05, 0.1) is 6.07 Å². The van der Waals surface area contributed by atoms with Gasteiger partial charge < -0.3 is 15.4 Å². The van der Waals surface area contributed by atoms with Gasteiger partial charge in [0.2, 0.25) is 5.91 Å². The van der Waals surface area contributed by atoms with Crippen LogP contribution in [0.1, 0.15) is 27.7 Å². The summed E-state index contributed by atoms with van der Waals surface area (Å²) in [5.74, 6) is 0.0118. The van der Waals surface area contributed by atoms with Crippen molar-refractivity contribution in [2.45, 2.75) is 45.4 Å². The number of amides is 2. The lowest BCUT2D eigenvalue weighted by atomic mass is 10.2. The van der Waals surface area contributed by atoms with E-state index in [0.717, 1.165) is 0 Å². The van der Waals surface area contributed by atoms with Crippen LogP contribution in [-0.4, -0.2) is 41.7 Å². The summed E-state index contributed by atoms with van der Waals surface area (Å²) < 4.78 is 5.09. The number of hydrogen-bond donors (Lipinski definition) is 2. The van der Waals surface area contributed by atoms with Gasteiger partial charge in [0.25, 0.3) is 0 Å². The van der Waals surface area contributed by atoms with E-state index in [-0.39, 0.29) is 0 Å². The van der Waals surface area contributed by atoms with Gasteiger partial charge in [-0.15, -0.1) is 0 Å². The molecule has 0 aromatic heterocycles. The summed E-state index contributed by atoms with van der Waals surface area (Å²) in [6, 6.07) is 0.580. The maximum atomic E-state index is 11.9. The molecule has 0 bridgehead atoms. The van der Waals surface area contributed by atoms with Crippen molar-refractivity contribution in [2.75, 3.05) is 12.0 Å². The smallest absolute Gasteiger partial charge is 0.408 e. The standard InChI is InChI=1S/C12H21N3O3S/c1-8(6-13)14-10(16)9(7-19-5)15-11(17)18-12(2,3)4/h8-9H,7H2,1-5H3,(H,14,16)(H,15,17). The van der Waals surface area contributed by atoms with Crippen LogP contribution in [0, 0.1) is 11.3 Å². The number of carbonyl (C=O) groups is 2. The Morgan fingerprint density at radius 3 is 2.37 bits per heavy atom. The van der Waals surface area contributed by atoms with Crippen LogP contribution in [0.25, 0.3) is 0 Å². The van der Waals surface area contributed by atoms with Crippen molar-refractivity contribution in [1.82, 2.24) is 10.6 Å². The summed E-state index contributed by atoms with van der Waals surface area (Å²) in [5, 5.41) is 13.6. The Morgan fingerprint density at radius 2 is 1.95 bits per heavy atom. The van der Waals surface area contributed by atoms with Gasteiger partial charge in [-0.05, 0) is 34.0 Å². The van der Waals surface area contributed by atoms with E-state index >= 15 is 0 Å². The van der Waals surface area contributed by atoms with E-state index in [2.05, 4.69) is 10.6 Å². The van der Waals surface area contributed by atoms with Crippen LogP contribution >= 0.6 is 11.8 Å². The Morgan fingerprint density at radius 1 is 1.37 bits per heavy atom. The molecule has 108 valence electrons. The molecule has 0 aromatic rings. The van der Waals surface area contributed by atoms with Crippen LogP contribution in [0.2, 0.25) is 0 Å². The highest BCUT2D eigenvalue weighted by Crippen LogP contribution is 2.07. The molecule has 19 heavy (non-hydrogen) atoms. The monoisotopic (exact) mass is 287 g/mol. The Kier molecular flexibility index (Phi) is 7.30. The zero-order chi connectivity index (χ0) is 15.1. The van der Waals surface area contributed by atoms with E-state index in [1.807, 2.05) is 12.3 Å². The number of ether oxygens (including phenoxy) is 1. The van der Waals surface area contributed by atoms with Crippen molar-refractivity contribution < 1.29 is 14.3 Å². The number of hydrogen-bond acceptors (Lipinski definition) is 5. The number of alkyl carbamates (subject to hydrolysis) is 1. The van der Waals surface area contributed by atoms with E-state index < -0.39 is 29.7 Å². The van der Waals surface area contributed by atoms with Crippen LogP contribution in [0.5, 0.6) is 0 Å². The van der Waals surface area contributed by atoms with Crippen molar-refractivity contribution in [2.24, 2.45) is 0 Å². The average Bonchev–Trinajstić information content (AvgIpc) is 2.25. The molecule has 0 aliphatic rings. The third-order valence-electron chi connectivity index (χ3n) is 1.89. The number of nitriles is 1. The molecule has 7 heteroatoms. The van der Waals surface area contributed by atoms with Crippen LogP contribution < -0.4 is 10.6 Å². The van der Waals surface area contributed by atoms with Crippen molar-refractivity contribution in [3.05, 3.63) is 0 Å². The Labute approximate surface area is 118 Å². The minimum atomic E-state index is -0.722. The maximum absolute atomic E-state index is 11.9. The fourth-order valence-electron chi connectivity index (χ4n) is 1.15. The second-order valence-corrected chi connectivity index (χ2v) is 5.92. The van der Waals surface area contributed by atoms with Crippen LogP contribution in [0.3, 0.4) is 0 Å². The first kappa shape index (κ1) is 17.6. The molecule has 0 fully saturated rings. The second kappa shape index (κ2) is 7.89. The Hall–Kier alpha value is -1.42. The number of nitrogens with zero attached hydrogens (tertiary/aromatic N) is 1. The molecule has 0 radical (unpaired) electrons. The van der Waals surface area contributed by atoms with Crippen molar-refractivity contribution in [3.63, 3.8) is 0 Å². The van der Waals surface area contributed by atoms with E-state index in [4.69, 9.17) is 10.00 Å². The predicted octanol–water partition coefficient (Wildman–Crippen LogP) is 1.27. The molecule has 0 spiro atoms. The topological polar surface area (TPSA) is 91.2 Å². The third-order valence-corrected chi connectivity index (χ3v) is 2.56. The molecule has 2 unspecified atom stereocenters. The molecule has 2 N–H and O–H groups in total. The minimum Gasteiger partial charge on any atom is -0.444 e. The van der Waals surface area contributed by atoms with Gasteiger partial charge in [0.1, 0.15) is 17.7 Å². The van der Waals surface area contributed by atoms with Crippen LogP contribution in [0.4, 0.5) is 4.79 Å². The first-order valence-corrected chi connectivity index (χ1v) is 7.27. The molecule has 6 nitrogen and oxygen atoms in total. The number of carbonyl (C=O) groups excluding carboxylic acids is 2. The fourth-order valence-corrected chi connectivity index (χ4v) is 1.71. The second-order valence-electron chi connectivity index (χ2n) is 5.01. The van der Waals surface area contributed by atoms with E-state index in [1.165, 1.54) is 11.8 Å². The molecule has 0 aliphatic carbocycles. The highest BCUT2D eigenvalue weighted by Gasteiger charge is 2.24. The maximum Gasteiger partial charge on any atom is 0.408 e. The normalized spacial score (nSPS) is 13.9. The van der Waals surface area contributed by atoms with Crippen molar-refractivity contribution in [3.8, 4) is 6.07 Å². The van der Waals surface area contributed by atoms with Gasteiger partial charge in [-0.1, -0.05) is 0 Å². The quantitative estimate of drug-likeness (QED) is 0.794. The summed E-state index contributed by atoms with van der Waals surface area (Å²) in [5.41, 5.74) is -0.621.